The van der Waals surface area contributed by atoms with Gasteiger partial charge in [0.25, 0.3) is 0 Å². The highest BCUT2D eigenvalue weighted by Crippen LogP contribution is 2.33. The van der Waals surface area contributed by atoms with Gasteiger partial charge in [0.1, 0.15) is 18.1 Å². The van der Waals surface area contributed by atoms with Gasteiger partial charge < -0.3 is 44.0 Å². The van der Waals surface area contributed by atoms with Crippen molar-refractivity contribution in [3.8, 4) is 0 Å². The largest absolute Gasteiger partial charge is 0.394 e. The lowest BCUT2D eigenvalue weighted by Gasteiger charge is -2.32. The lowest BCUT2D eigenvalue weighted by molar-refractivity contribution is -0.135. The van der Waals surface area contributed by atoms with Crippen molar-refractivity contribution in [1.29, 1.82) is 0 Å². The van der Waals surface area contributed by atoms with Crippen LogP contribution in [0.4, 0.5) is 0 Å². The molecule has 0 saturated heterocycles. The first kappa shape index (κ1) is 29.1. The fraction of sp³-hybridized carbons (Fsp3) is 0.762. The van der Waals surface area contributed by atoms with Crippen molar-refractivity contribution >= 4 is 29.6 Å². The van der Waals surface area contributed by atoms with Crippen molar-refractivity contribution in [2.24, 2.45) is 39.3 Å². The molecule has 13 heteroatoms. The second-order valence-electron chi connectivity index (χ2n) is 9.75. The summed E-state index contributed by atoms with van der Waals surface area (Å²) in [5.74, 6) is -2.38. The first-order chi connectivity index (χ1) is 15.8. The first-order valence-corrected chi connectivity index (χ1v) is 11.4. The van der Waals surface area contributed by atoms with E-state index < -0.39 is 59.8 Å². The van der Waals surface area contributed by atoms with Crippen LogP contribution in [0.15, 0.2) is 4.99 Å². The van der Waals surface area contributed by atoms with Crippen LogP contribution in [0.2, 0.25) is 0 Å². The van der Waals surface area contributed by atoms with Gasteiger partial charge >= 0.3 is 0 Å². The van der Waals surface area contributed by atoms with Crippen molar-refractivity contribution in [2.45, 2.75) is 77.0 Å². The molecular weight excluding hydrogens is 444 g/mol. The molecule has 4 amide bonds. The zero-order valence-corrected chi connectivity index (χ0v) is 20.2. The minimum atomic E-state index is -1.26. The highest BCUT2D eigenvalue weighted by molar-refractivity contribution is 5.95. The molecular formula is C21H40N8O5. The summed E-state index contributed by atoms with van der Waals surface area (Å²) in [5.41, 5.74) is 21.0. The molecule has 0 unspecified atom stereocenters. The summed E-state index contributed by atoms with van der Waals surface area (Å²) in [6.45, 7) is 4.98. The molecule has 1 rings (SSSR count). The maximum absolute atomic E-state index is 13.2. The molecule has 4 atom stereocenters. The number of carbonyl (C=O) groups excluding carboxylic acids is 4. The molecule has 1 fully saturated rings. The molecule has 194 valence electrons. The Morgan fingerprint density at radius 2 is 1.56 bits per heavy atom. The number of aliphatic imine (C=N–C) groups is 1. The van der Waals surface area contributed by atoms with Gasteiger partial charge in [0.15, 0.2) is 5.96 Å². The highest BCUT2D eigenvalue weighted by atomic mass is 16.3. The highest BCUT2D eigenvalue weighted by Gasteiger charge is 2.38. The lowest BCUT2D eigenvalue weighted by atomic mass is 9.85. The molecule has 0 aliphatic heterocycles. The van der Waals surface area contributed by atoms with Crippen LogP contribution in [-0.2, 0) is 19.2 Å². The van der Waals surface area contributed by atoms with Crippen molar-refractivity contribution in [3.63, 3.8) is 0 Å². The maximum atomic E-state index is 13.2. The molecule has 0 heterocycles. The average Bonchev–Trinajstić information content (AvgIpc) is 3.54. The Balaban J connectivity index is 2.85. The van der Waals surface area contributed by atoms with Crippen molar-refractivity contribution in [2.75, 3.05) is 13.2 Å². The standard InChI is InChI=1S/C21H40N8O5/c1-21(2,3)15(29-17(32)12(22)5-4-8-26-20(24)25)19(34)27-13(9-11-6-7-11)18(33)28-14(10-30)16(23)31/h11-15,30H,4-10,22H2,1-3H3,(H2,23,31)(H,27,34)(H,28,33)(H,29,32)(H4,24,25,26)/t12-,13-,14-,15+/m0/s1. The summed E-state index contributed by atoms with van der Waals surface area (Å²) in [4.78, 5) is 53.7. The van der Waals surface area contributed by atoms with Gasteiger partial charge in [0.2, 0.25) is 23.6 Å². The van der Waals surface area contributed by atoms with E-state index in [9.17, 15) is 24.3 Å². The van der Waals surface area contributed by atoms with E-state index in [0.29, 0.717) is 25.8 Å². The number of nitrogens with two attached hydrogens (primary N) is 4. The number of amides is 4. The van der Waals surface area contributed by atoms with Crippen LogP contribution in [-0.4, -0.2) is 72.0 Å². The first-order valence-electron chi connectivity index (χ1n) is 11.4. The quantitative estimate of drug-likeness (QED) is 0.0722. The summed E-state index contributed by atoms with van der Waals surface area (Å²) in [6, 6.07) is -4.08. The van der Waals surface area contributed by atoms with Gasteiger partial charge in [-0.3, -0.25) is 24.2 Å². The molecule has 0 aromatic rings. The number of hydrogen-bond donors (Lipinski definition) is 8. The molecule has 0 radical (unpaired) electrons. The number of rotatable bonds is 14. The number of aliphatic hydroxyl groups is 1. The molecule has 1 saturated carbocycles. The van der Waals surface area contributed by atoms with Gasteiger partial charge in [0, 0.05) is 6.54 Å². The van der Waals surface area contributed by atoms with Crippen LogP contribution in [0.3, 0.4) is 0 Å². The molecule has 13 nitrogen and oxygen atoms in total. The monoisotopic (exact) mass is 484 g/mol. The third-order valence-corrected chi connectivity index (χ3v) is 5.46. The van der Waals surface area contributed by atoms with E-state index in [4.69, 9.17) is 22.9 Å². The Bertz CT molecular complexity index is 759. The predicted octanol–water partition coefficient (Wildman–Crippen LogP) is -2.85. The van der Waals surface area contributed by atoms with E-state index in [0.717, 1.165) is 12.8 Å². The Labute approximate surface area is 199 Å². The molecule has 1 aliphatic carbocycles. The van der Waals surface area contributed by atoms with Gasteiger partial charge in [-0.05, 0) is 30.6 Å². The molecule has 0 bridgehead atoms. The van der Waals surface area contributed by atoms with E-state index in [2.05, 4.69) is 20.9 Å². The smallest absolute Gasteiger partial charge is 0.243 e. The third kappa shape index (κ3) is 10.3. The molecule has 34 heavy (non-hydrogen) atoms. The van der Waals surface area contributed by atoms with Crippen LogP contribution in [0, 0.1) is 11.3 Å². The van der Waals surface area contributed by atoms with E-state index in [-0.39, 0.29) is 11.9 Å². The molecule has 0 aromatic carbocycles. The summed E-state index contributed by atoms with van der Waals surface area (Å²) in [6.07, 6.45) is 3.00. The molecule has 0 aromatic heterocycles. The van der Waals surface area contributed by atoms with Crippen LogP contribution in [0.1, 0.15) is 52.9 Å². The topological polar surface area (TPSA) is 241 Å². The zero-order valence-electron chi connectivity index (χ0n) is 20.2. The maximum Gasteiger partial charge on any atom is 0.243 e. The second kappa shape index (κ2) is 13.1. The van der Waals surface area contributed by atoms with Crippen LogP contribution < -0.4 is 38.9 Å². The van der Waals surface area contributed by atoms with Crippen LogP contribution >= 0.6 is 0 Å². The fourth-order valence-corrected chi connectivity index (χ4v) is 3.23. The molecule has 12 N–H and O–H groups in total. The minimum absolute atomic E-state index is 0.0478. The molecule has 0 spiro atoms. The Morgan fingerprint density at radius 1 is 0.971 bits per heavy atom. The summed E-state index contributed by atoms with van der Waals surface area (Å²) in [5, 5.41) is 17.0. The second-order valence-corrected chi connectivity index (χ2v) is 9.75. The number of guanidine groups is 1. The van der Waals surface area contributed by atoms with E-state index in [1.165, 1.54) is 0 Å². The number of nitrogens with zero attached hydrogens (tertiary/aromatic N) is 1. The summed E-state index contributed by atoms with van der Waals surface area (Å²) >= 11 is 0. The van der Waals surface area contributed by atoms with Crippen LogP contribution in [0.5, 0.6) is 0 Å². The Hall–Kier alpha value is -2.93. The number of nitrogens with one attached hydrogen (secondary N) is 3. The number of carbonyl (C=O) groups is 4. The molecule has 1 aliphatic rings. The van der Waals surface area contributed by atoms with Crippen molar-refractivity contribution < 1.29 is 24.3 Å². The number of hydrogen-bond acceptors (Lipinski definition) is 7. The summed E-state index contributed by atoms with van der Waals surface area (Å²) in [7, 11) is 0. The lowest BCUT2D eigenvalue weighted by Crippen LogP contribution is -2.60. The average molecular weight is 485 g/mol. The summed E-state index contributed by atoms with van der Waals surface area (Å²) < 4.78 is 0. The fourth-order valence-electron chi connectivity index (χ4n) is 3.23. The third-order valence-electron chi connectivity index (χ3n) is 5.46. The normalized spacial score (nSPS) is 17.0. The predicted molar refractivity (Wildman–Crippen MR) is 127 cm³/mol. The van der Waals surface area contributed by atoms with E-state index in [1.807, 2.05) is 0 Å². The number of primary amides is 1. The Kier molecular flexibility index (Phi) is 11.2. The van der Waals surface area contributed by atoms with E-state index in [1.54, 1.807) is 20.8 Å². The zero-order chi connectivity index (χ0) is 26.1. The van der Waals surface area contributed by atoms with Crippen LogP contribution in [0.25, 0.3) is 0 Å². The SMILES string of the molecule is CC(C)(C)[C@H](NC(=O)[C@@H](N)CCCN=C(N)N)C(=O)N[C@@H](CC1CC1)C(=O)N[C@@H](CO)C(N)=O. The van der Waals surface area contributed by atoms with Gasteiger partial charge in [-0.1, -0.05) is 33.6 Å². The number of aliphatic hydroxyl groups excluding tert-OH is 1. The minimum Gasteiger partial charge on any atom is -0.394 e. The van der Waals surface area contributed by atoms with Gasteiger partial charge in [-0.25, -0.2) is 0 Å². The Morgan fingerprint density at radius 3 is 2.03 bits per heavy atom. The van der Waals surface area contributed by atoms with E-state index >= 15 is 0 Å². The van der Waals surface area contributed by atoms with Crippen molar-refractivity contribution in [3.05, 3.63) is 0 Å². The van der Waals surface area contributed by atoms with Gasteiger partial charge in [0.05, 0.1) is 12.6 Å². The van der Waals surface area contributed by atoms with Gasteiger partial charge in [-0.2, -0.15) is 0 Å². The van der Waals surface area contributed by atoms with Gasteiger partial charge in [-0.15, -0.1) is 0 Å². The van der Waals surface area contributed by atoms with Crippen molar-refractivity contribution in [1.82, 2.24) is 16.0 Å².